The van der Waals surface area contributed by atoms with Crippen molar-refractivity contribution in [2.75, 3.05) is 18.9 Å². The van der Waals surface area contributed by atoms with Gasteiger partial charge in [0, 0.05) is 5.69 Å². The van der Waals surface area contributed by atoms with E-state index in [0.717, 1.165) is 12.8 Å². The fraction of sp³-hybridized carbons (Fsp3) is 0.429. The SMILES string of the molecule is CCCCOC(=O)COC(=O)c1cc(N)cc(C)c1F. The number of anilines is 1. The van der Waals surface area contributed by atoms with Gasteiger partial charge >= 0.3 is 11.9 Å². The first-order valence-electron chi connectivity index (χ1n) is 6.34. The minimum Gasteiger partial charge on any atom is -0.463 e. The predicted octanol–water partition coefficient (Wildman–Crippen LogP) is 2.22. The van der Waals surface area contributed by atoms with Crippen molar-refractivity contribution in [2.24, 2.45) is 0 Å². The quantitative estimate of drug-likeness (QED) is 0.492. The molecule has 20 heavy (non-hydrogen) atoms. The van der Waals surface area contributed by atoms with Gasteiger partial charge in [0.1, 0.15) is 5.82 Å². The standard InChI is InChI=1S/C14H18FNO4/c1-3-4-5-19-12(17)8-20-14(18)11-7-10(16)6-9(2)13(11)15/h6-7H,3-5,8,16H2,1-2H3. The van der Waals surface area contributed by atoms with Crippen LogP contribution < -0.4 is 5.73 Å². The highest BCUT2D eigenvalue weighted by atomic mass is 19.1. The molecule has 0 bridgehead atoms. The third-order valence-electron chi connectivity index (χ3n) is 2.58. The van der Waals surface area contributed by atoms with Crippen molar-refractivity contribution in [3.8, 4) is 0 Å². The van der Waals surface area contributed by atoms with Gasteiger partial charge in [0.05, 0.1) is 12.2 Å². The Morgan fingerprint density at radius 3 is 2.65 bits per heavy atom. The van der Waals surface area contributed by atoms with E-state index in [1.807, 2.05) is 6.92 Å². The van der Waals surface area contributed by atoms with Gasteiger partial charge in [-0.2, -0.15) is 0 Å². The van der Waals surface area contributed by atoms with Crippen LogP contribution in [-0.2, 0) is 14.3 Å². The number of carbonyl (C=O) groups is 2. The summed E-state index contributed by atoms with van der Waals surface area (Å²) in [7, 11) is 0. The number of rotatable bonds is 6. The van der Waals surface area contributed by atoms with E-state index >= 15 is 0 Å². The highest BCUT2D eigenvalue weighted by Gasteiger charge is 2.17. The Kier molecular flexibility index (Phi) is 5.96. The van der Waals surface area contributed by atoms with Crippen LogP contribution in [0, 0.1) is 12.7 Å². The molecule has 0 aliphatic heterocycles. The lowest BCUT2D eigenvalue weighted by Gasteiger charge is -2.08. The second-order valence-electron chi connectivity index (χ2n) is 4.35. The van der Waals surface area contributed by atoms with Crippen LogP contribution in [0.4, 0.5) is 10.1 Å². The molecule has 1 aromatic rings. The summed E-state index contributed by atoms with van der Waals surface area (Å²) in [5.74, 6) is -2.30. The number of unbranched alkanes of at least 4 members (excludes halogenated alkanes) is 1. The molecule has 0 atom stereocenters. The summed E-state index contributed by atoms with van der Waals surface area (Å²) in [5, 5.41) is 0. The summed E-state index contributed by atoms with van der Waals surface area (Å²) >= 11 is 0. The molecule has 0 aliphatic rings. The van der Waals surface area contributed by atoms with Gasteiger partial charge in [-0.15, -0.1) is 0 Å². The minimum atomic E-state index is -0.939. The minimum absolute atomic E-state index is 0.238. The van der Waals surface area contributed by atoms with Crippen molar-refractivity contribution in [2.45, 2.75) is 26.7 Å². The Bertz CT molecular complexity index is 502. The number of ether oxygens (including phenoxy) is 2. The molecule has 1 rings (SSSR count). The fourth-order valence-corrected chi connectivity index (χ4v) is 1.52. The second-order valence-corrected chi connectivity index (χ2v) is 4.35. The second kappa shape index (κ2) is 7.47. The molecule has 0 amide bonds. The summed E-state index contributed by atoms with van der Waals surface area (Å²) in [6, 6.07) is 2.58. The van der Waals surface area contributed by atoms with Gasteiger partial charge in [-0.05, 0) is 31.0 Å². The lowest BCUT2D eigenvalue weighted by Crippen LogP contribution is -2.18. The Morgan fingerprint density at radius 1 is 1.30 bits per heavy atom. The highest BCUT2D eigenvalue weighted by Crippen LogP contribution is 2.17. The van der Waals surface area contributed by atoms with Crippen LogP contribution in [0.2, 0.25) is 0 Å². The Labute approximate surface area is 116 Å². The number of nitrogen functional groups attached to an aromatic ring is 1. The molecule has 0 spiro atoms. The highest BCUT2D eigenvalue weighted by molar-refractivity contribution is 5.92. The van der Waals surface area contributed by atoms with Crippen LogP contribution in [-0.4, -0.2) is 25.2 Å². The van der Waals surface area contributed by atoms with Crippen molar-refractivity contribution in [3.05, 3.63) is 29.1 Å². The van der Waals surface area contributed by atoms with E-state index in [2.05, 4.69) is 0 Å². The van der Waals surface area contributed by atoms with E-state index in [-0.39, 0.29) is 23.4 Å². The van der Waals surface area contributed by atoms with E-state index in [0.29, 0.717) is 0 Å². The lowest BCUT2D eigenvalue weighted by molar-refractivity contribution is -0.147. The number of benzene rings is 1. The molecule has 5 nitrogen and oxygen atoms in total. The molecule has 6 heteroatoms. The number of hydrogen-bond donors (Lipinski definition) is 1. The van der Waals surface area contributed by atoms with Crippen LogP contribution in [0.15, 0.2) is 12.1 Å². The van der Waals surface area contributed by atoms with E-state index in [9.17, 15) is 14.0 Å². The lowest BCUT2D eigenvalue weighted by atomic mass is 10.1. The molecule has 0 radical (unpaired) electrons. The van der Waals surface area contributed by atoms with Crippen LogP contribution in [0.3, 0.4) is 0 Å². The Hall–Kier alpha value is -2.11. The van der Waals surface area contributed by atoms with Gasteiger partial charge in [-0.1, -0.05) is 13.3 Å². The number of carbonyl (C=O) groups excluding carboxylic acids is 2. The summed E-state index contributed by atoms with van der Waals surface area (Å²) in [6.45, 7) is 3.18. The fourth-order valence-electron chi connectivity index (χ4n) is 1.52. The number of nitrogens with two attached hydrogens (primary N) is 1. The van der Waals surface area contributed by atoms with Crippen molar-refractivity contribution in [1.82, 2.24) is 0 Å². The van der Waals surface area contributed by atoms with Crippen LogP contribution in [0.25, 0.3) is 0 Å². The van der Waals surface area contributed by atoms with E-state index in [1.165, 1.54) is 19.1 Å². The third-order valence-corrected chi connectivity index (χ3v) is 2.58. The normalized spacial score (nSPS) is 10.2. The zero-order valence-corrected chi connectivity index (χ0v) is 11.6. The first-order valence-corrected chi connectivity index (χ1v) is 6.34. The van der Waals surface area contributed by atoms with Gasteiger partial charge in [-0.3, -0.25) is 0 Å². The average molecular weight is 283 g/mol. The zero-order chi connectivity index (χ0) is 15.1. The Morgan fingerprint density at radius 2 is 2.00 bits per heavy atom. The van der Waals surface area contributed by atoms with E-state index in [1.54, 1.807) is 0 Å². The van der Waals surface area contributed by atoms with Gasteiger partial charge < -0.3 is 15.2 Å². The van der Waals surface area contributed by atoms with Gasteiger partial charge in [0.2, 0.25) is 0 Å². The summed E-state index contributed by atoms with van der Waals surface area (Å²) < 4.78 is 23.2. The first kappa shape index (κ1) is 15.9. The molecule has 2 N–H and O–H groups in total. The molecule has 0 saturated carbocycles. The van der Waals surface area contributed by atoms with Crippen molar-refractivity contribution in [3.63, 3.8) is 0 Å². The molecule has 1 aromatic carbocycles. The molecule has 110 valence electrons. The summed E-state index contributed by atoms with van der Waals surface area (Å²) in [5.41, 5.74) is 5.74. The monoisotopic (exact) mass is 283 g/mol. The van der Waals surface area contributed by atoms with E-state index in [4.69, 9.17) is 15.2 Å². The number of halogens is 1. The van der Waals surface area contributed by atoms with Crippen LogP contribution in [0.1, 0.15) is 35.7 Å². The smallest absolute Gasteiger partial charge is 0.344 e. The molecule has 0 saturated heterocycles. The first-order chi connectivity index (χ1) is 9.45. The maximum Gasteiger partial charge on any atom is 0.344 e. The number of aryl methyl sites for hydroxylation is 1. The predicted molar refractivity (Wildman–Crippen MR) is 71.7 cm³/mol. The zero-order valence-electron chi connectivity index (χ0n) is 11.6. The van der Waals surface area contributed by atoms with E-state index < -0.39 is 24.4 Å². The maximum absolute atomic E-state index is 13.7. The Balaban J connectivity index is 2.57. The number of esters is 2. The number of hydrogen-bond acceptors (Lipinski definition) is 5. The summed E-state index contributed by atoms with van der Waals surface area (Å²) in [6.07, 6.45) is 1.63. The molecule has 0 heterocycles. The van der Waals surface area contributed by atoms with Crippen molar-refractivity contribution >= 4 is 17.6 Å². The largest absolute Gasteiger partial charge is 0.463 e. The molecule has 0 fully saturated rings. The average Bonchev–Trinajstić information content (AvgIpc) is 2.40. The van der Waals surface area contributed by atoms with Crippen LogP contribution in [0.5, 0.6) is 0 Å². The van der Waals surface area contributed by atoms with Gasteiger partial charge in [0.25, 0.3) is 0 Å². The van der Waals surface area contributed by atoms with Crippen molar-refractivity contribution in [1.29, 1.82) is 0 Å². The molecule has 0 aromatic heterocycles. The summed E-state index contributed by atoms with van der Waals surface area (Å²) in [4.78, 5) is 22.9. The third kappa shape index (κ3) is 4.53. The molecule has 0 unspecified atom stereocenters. The topological polar surface area (TPSA) is 78.6 Å². The van der Waals surface area contributed by atoms with Gasteiger partial charge in [-0.25, -0.2) is 14.0 Å². The van der Waals surface area contributed by atoms with Crippen molar-refractivity contribution < 1.29 is 23.5 Å². The molecular weight excluding hydrogens is 265 g/mol. The van der Waals surface area contributed by atoms with Crippen LogP contribution >= 0.6 is 0 Å². The van der Waals surface area contributed by atoms with Gasteiger partial charge in [0.15, 0.2) is 6.61 Å². The molecular formula is C14H18FNO4. The molecule has 0 aliphatic carbocycles. The maximum atomic E-state index is 13.7.